The van der Waals surface area contributed by atoms with E-state index in [1.807, 2.05) is 42.8 Å². The molecule has 12 heteroatoms. The van der Waals surface area contributed by atoms with Gasteiger partial charge in [-0.25, -0.2) is 18.4 Å². The van der Waals surface area contributed by atoms with E-state index in [4.69, 9.17) is 0 Å². The summed E-state index contributed by atoms with van der Waals surface area (Å²) >= 11 is 0. The van der Waals surface area contributed by atoms with Gasteiger partial charge in [0.2, 0.25) is 0 Å². The number of hydrogen-bond donors (Lipinski definition) is 2. The van der Waals surface area contributed by atoms with Crippen LogP contribution in [-0.2, 0) is 12.6 Å². The van der Waals surface area contributed by atoms with Gasteiger partial charge in [0.1, 0.15) is 23.4 Å². The third kappa shape index (κ3) is 5.51. The number of fused-ring (bicyclic) bond motifs is 1. The molecule has 3 heterocycles. The molecule has 10 nitrogen and oxygen atoms in total. The van der Waals surface area contributed by atoms with Crippen molar-refractivity contribution in [2.75, 3.05) is 17.2 Å². The molecule has 5 aromatic rings. The van der Waals surface area contributed by atoms with Crippen LogP contribution in [0.4, 0.5) is 20.2 Å². The second kappa shape index (κ2) is 11.5. The molecule has 0 radical (unpaired) electrons. The summed E-state index contributed by atoms with van der Waals surface area (Å²) in [5, 5.41) is 36.2. The second-order valence-electron chi connectivity index (χ2n) is 13.1. The van der Waals surface area contributed by atoms with Crippen molar-refractivity contribution in [3.8, 4) is 23.4 Å². The molecule has 234 valence electrons. The van der Waals surface area contributed by atoms with Crippen LogP contribution in [0.15, 0.2) is 55.2 Å². The second-order valence-corrected chi connectivity index (χ2v) is 13.1. The first-order chi connectivity index (χ1) is 22.0. The van der Waals surface area contributed by atoms with Gasteiger partial charge in [-0.1, -0.05) is 44.2 Å². The van der Waals surface area contributed by atoms with Gasteiger partial charge in [-0.3, -0.25) is 4.98 Å². The zero-order valence-corrected chi connectivity index (χ0v) is 26.3. The Morgan fingerprint density at radius 2 is 1.85 bits per heavy atom. The van der Waals surface area contributed by atoms with Crippen molar-refractivity contribution < 1.29 is 8.78 Å². The van der Waals surface area contributed by atoms with E-state index in [1.54, 1.807) is 24.8 Å². The maximum absolute atomic E-state index is 14.0. The van der Waals surface area contributed by atoms with Crippen LogP contribution in [-0.4, -0.2) is 42.5 Å². The number of rotatable bonds is 9. The van der Waals surface area contributed by atoms with Gasteiger partial charge >= 0.3 is 0 Å². The van der Waals surface area contributed by atoms with E-state index in [-0.39, 0.29) is 5.41 Å². The topological polar surface area (TPSA) is 133 Å². The number of pyridine rings is 1. The van der Waals surface area contributed by atoms with Crippen LogP contribution >= 0.6 is 0 Å². The SMILES string of the molecule is Cc1c(-c2cncn2C)cccc1[C@H](Nc1cc(C#N)c2ncc(C#N)c(NCC(C)(C)C)c2c1)c1cn(C2(C(F)F)CC2)nn1. The summed E-state index contributed by atoms with van der Waals surface area (Å²) in [7, 11) is 1.92. The Morgan fingerprint density at radius 3 is 2.48 bits per heavy atom. The zero-order chi connectivity index (χ0) is 32.8. The molecule has 0 spiro atoms. The lowest BCUT2D eigenvalue weighted by Gasteiger charge is -2.24. The number of aromatic nitrogens is 6. The van der Waals surface area contributed by atoms with E-state index in [1.165, 1.54) is 10.9 Å². The summed E-state index contributed by atoms with van der Waals surface area (Å²) in [6.07, 6.45) is 4.68. The van der Waals surface area contributed by atoms with Crippen molar-refractivity contribution in [3.63, 3.8) is 0 Å². The van der Waals surface area contributed by atoms with Crippen molar-refractivity contribution >= 4 is 22.3 Å². The Balaban J connectivity index is 1.51. The van der Waals surface area contributed by atoms with Crippen molar-refractivity contribution in [3.05, 3.63) is 83.2 Å². The normalized spacial score (nSPS) is 14.6. The van der Waals surface area contributed by atoms with Crippen molar-refractivity contribution in [1.82, 2.24) is 29.5 Å². The lowest BCUT2D eigenvalue weighted by molar-refractivity contribution is 0.0593. The van der Waals surface area contributed by atoms with Crippen molar-refractivity contribution in [1.29, 1.82) is 10.5 Å². The van der Waals surface area contributed by atoms with Crippen molar-refractivity contribution in [2.45, 2.75) is 58.5 Å². The van der Waals surface area contributed by atoms with Crippen LogP contribution in [0.1, 0.15) is 67.6 Å². The highest BCUT2D eigenvalue weighted by atomic mass is 19.3. The molecule has 1 saturated carbocycles. The Morgan fingerprint density at radius 1 is 1.09 bits per heavy atom. The average Bonchev–Trinajstić information content (AvgIpc) is 3.50. The number of nitriles is 2. The maximum Gasteiger partial charge on any atom is 0.263 e. The zero-order valence-electron chi connectivity index (χ0n) is 26.3. The van der Waals surface area contributed by atoms with E-state index in [2.05, 4.69) is 63.8 Å². The summed E-state index contributed by atoms with van der Waals surface area (Å²) < 4.78 is 31.3. The highest BCUT2D eigenvalue weighted by Crippen LogP contribution is 2.48. The Hall–Kier alpha value is -5.36. The minimum absolute atomic E-state index is 0.0826. The molecule has 0 saturated heterocycles. The minimum Gasteiger partial charge on any atom is -0.383 e. The molecule has 0 amide bonds. The van der Waals surface area contributed by atoms with Gasteiger partial charge in [0, 0.05) is 36.4 Å². The number of imidazole rings is 1. The number of benzene rings is 2. The number of nitrogens with one attached hydrogen (secondary N) is 2. The fourth-order valence-electron chi connectivity index (χ4n) is 5.74. The third-order valence-electron chi connectivity index (χ3n) is 8.53. The fourth-order valence-corrected chi connectivity index (χ4v) is 5.74. The van der Waals surface area contributed by atoms with Crippen LogP contribution in [0.25, 0.3) is 22.2 Å². The molecule has 46 heavy (non-hydrogen) atoms. The summed E-state index contributed by atoms with van der Waals surface area (Å²) in [5.74, 6) is 0. The molecule has 1 aliphatic rings. The first-order valence-corrected chi connectivity index (χ1v) is 15.0. The highest BCUT2D eigenvalue weighted by molar-refractivity contribution is 5.99. The average molecular weight is 621 g/mol. The smallest absolute Gasteiger partial charge is 0.263 e. The molecule has 1 aliphatic carbocycles. The lowest BCUT2D eigenvalue weighted by atomic mass is 9.93. The van der Waals surface area contributed by atoms with Gasteiger partial charge in [-0.2, -0.15) is 10.5 Å². The Labute approximate surface area is 265 Å². The number of hydrogen-bond acceptors (Lipinski definition) is 8. The van der Waals surface area contributed by atoms with Crippen LogP contribution in [0.5, 0.6) is 0 Å². The number of anilines is 2. The fraction of sp³-hybridized carbons (Fsp3) is 0.353. The summed E-state index contributed by atoms with van der Waals surface area (Å²) in [4.78, 5) is 8.74. The highest BCUT2D eigenvalue weighted by Gasteiger charge is 2.54. The molecule has 3 aromatic heterocycles. The van der Waals surface area contributed by atoms with E-state index in [0.717, 1.165) is 22.4 Å². The van der Waals surface area contributed by atoms with Crippen LogP contribution in [0.2, 0.25) is 0 Å². The monoisotopic (exact) mass is 620 g/mol. The standard InChI is InChI=1S/C34H34F2N10/c1-20-24(28-16-39-19-45(28)5)7-6-8-25(20)31(27-17-46(44-43-27)34(9-10-34)32(35)36)42-23-11-21(13-37)29-26(12-23)30(22(14-38)15-40-29)41-18-33(2,3)4/h6-8,11-12,15-17,19,31-32,42H,9-10,18H2,1-5H3,(H,40,41)/t31-/m0/s1. The summed E-state index contributed by atoms with van der Waals surface area (Å²) in [5.41, 5.74) is 4.99. The van der Waals surface area contributed by atoms with E-state index < -0.39 is 18.0 Å². The van der Waals surface area contributed by atoms with Gasteiger partial charge in [-0.15, -0.1) is 5.10 Å². The molecular formula is C34H34F2N10. The predicted octanol–water partition coefficient (Wildman–Crippen LogP) is 6.69. The maximum atomic E-state index is 14.0. The number of halogens is 2. The van der Waals surface area contributed by atoms with Crippen LogP contribution in [0.3, 0.4) is 0 Å². The summed E-state index contributed by atoms with van der Waals surface area (Å²) in [6.45, 7) is 8.84. The molecule has 0 bridgehead atoms. The molecule has 1 atom stereocenters. The van der Waals surface area contributed by atoms with Gasteiger partial charge in [-0.05, 0) is 48.4 Å². The molecule has 0 aliphatic heterocycles. The predicted molar refractivity (Wildman–Crippen MR) is 171 cm³/mol. The Bertz CT molecular complexity index is 2020. The van der Waals surface area contributed by atoms with Crippen molar-refractivity contribution in [2.24, 2.45) is 12.5 Å². The number of nitrogens with zero attached hydrogens (tertiary/aromatic N) is 8. The van der Waals surface area contributed by atoms with Crippen LogP contribution < -0.4 is 10.6 Å². The molecule has 2 N–H and O–H groups in total. The van der Waals surface area contributed by atoms with Gasteiger partial charge in [0.15, 0.2) is 0 Å². The largest absolute Gasteiger partial charge is 0.383 e. The van der Waals surface area contributed by atoms with E-state index in [9.17, 15) is 19.3 Å². The molecule has 6 rings (SSSR count). The van der Waals surface area contributed by atoms with E-state index >= 15 is 0 Å². The molecule has 0 unspecified atom stereocenters. The van der Waals surface area contributed by atoms with Gasteiger partial charge < -0.3 is 15.2 Å². The molecule has 2 aromatic carbocycles. The number of aryl methyl sites for hydroxylation is 1. The first-order valence-electron chi connectivity index (χ1n) is 15.0. The molecular weight excluding hydrogens is 586 g/mol. The quantitative estimate of drug-likeness (QED) is 0.186. The first kappa shape index (κ1) is 30.7. The van der Waals surface area contributed by atoms with E-state index in [0.29, 0.717) is 58.5 Å². The summed E-state index contributed by atoms with van der Waals surface area (Å²) in [6, 6.07) is 13.3. The van der Waals surface area contributed by atoms with Gasteiger partial charge in [0.25, 0.3) is 6.43 Å². The lowest BCUT2D eigenvalue weighted by Crippen LogP contribution is -2.26. The minimum atomic E-state index is -2.57. The Kier molecular flexibility index (Phi) is 7.69. The van der Waals surface area contributed by atoms with Crippen LogP contribution in [0, 0.1) is 35.0 Å². The van der Waals surface area contributed by atoms with Gasteiger partial charge in [0.05, 0.1) is 52.8 Å². The molecule has 1 fully saturated rings. The number of alkyl halides is 2. The third-order valence-corrected chi connectivity index (χ3v) is 8.53.